The van der Waals surface area contributed by atoms with Gasteiger partial charge in [0.2, 0.25) is 17.7 Å². The predicted octanol–water partition coefficient (Wildman–Crippen LogP) is -0.935. The van der Waals surface area contributed by atoms with Gasteiger partial charge in [-0.1, -0.05) is 21.6 Å². The van der Waals surface area contributed by atoms with E-state index in [-0.39, 0.29) is 24.7 Å². The van der Waals surface area contributed by atoms with Crippen molar-refractivity contribution < 1.29 is 19.2 Å². The number of hydrogen-bond donors (Lipinski definition) is 3. The van der Waals surface area contributed by atoms with E-state index in [0.29, 0.717) is 30.9 Å². The minimum atomic E-state index is -0.648. The fraction of sp³-hybridized carbons (Fsp3) is 0.600. The van der Waals surface area contributed by atoms with E-state index in [2.05, 4.69) is 10.6 Å². The van der Waals surface area contributed by atoms with Crippen LogP contribution in [0.3, 0.4) is 0 Å². The van der Waals surface area contributed by atoms with Crippen molar-refractivity contribution in [1.29, 1.82) is 0 Å². The van der Waals surface area contributed by atoms with Gasteiger partial charge in [-0.2, -0.15) is 0 Å². The zero-order chi connectivity index (χ0) is 14.5. The Morgan fingerprint density at radius 1 is 1.00 bits per heavy atom. The zero-order valence-electron chi connectivity index (χ0n) is 10.3. The fourth-order valence-electron chi connectivity index (χ4n) is 0.951. The monoisotopic (exact) mass is 307 g/mol. The van der Waals surface area contributed by atoms with Crippen LogP contribution in [0.5, 0.6) is 0 Å². The molecule has 0 aromatic rings. The van der Waals surface area contributed by atoms with Crippen molar-refractivity contribution in [3.8, 4) is 0 Å². The normalized spacial score (nSPS) is 9.68. The molecule has 3 amide bonds. The van der Waals surface area contributed by atoms with Gasteiger partial charge in [-0.15, -0.1) is 0 Å². The zero-order valence-corrected chi connectivity index (χ0v) is 12.0. The summed E-state index contributed by atoms with van der Waals surface area (Å²) in [5.74, 6) is 0.103. The largest absolute Gasteiger partial charge is 0.369 e. The maximum atomic E-state index is 11.0. The summed E-state index contributed by atoms with van der Waals surface area (Å²) >= 11 is 0. The highest BCUT2D eigenvalue weighted by Crippen LogP contribution is 2.19. The van der Waals surface area contributed by atoms with Gasteiger partial charge in [-0.05, 0) is 0 Å². The third-order valence-corrected chi connectivity index (χ3v) is 4.11. The van der Waals surface area contributed by atoms with Gasteiger partial charge in [0.1, 0.15) is 12.7 Å². The van der Waals surface area contributed by atoms with E-state index in [1.165, 1.54) is 0 Å². The molecule has 4 N–H and O–H groups in total. The van der Waals surface area contributed by atoms with Crippen LogP contribution in [-0.4, -0.2) is 48.6 Å². The van der Waals surface area contributed by atoms with Crippen LogP contribution in [0.2, 0.25) is 0 Å². The summed E-state index contributed by atoms with van der Waals surface area (Å²) in [7, 11) is 3.09. The molecular formula is C10H17N3O4S2. The smallest absolute Gasteiger partial charge is 0.229 e. The topological polar surface area (TPSA) is 118 Å². The van der Waals surface area contributed by atoms with Crippen LogP contribution in [0.25, 0.3) is 0 Å². The average molecular weight is 307 g/mol. The van der Waals surface area contributed by atoms with E-state index in [9.17, 15) is 19.2 Å². The average Bonchev–Trinajstić information content (AvgIpc) is 2.32. The van der Waals surface area contributed by atoms with Crippen molar-refractivity contribution in [3.05, 3.63) is 0 Å². The summed E-state index contributed by atoms with van der Waals surface area (Å²) in [6, 6.07) is 0. The van der Waals surface area contributed by atoms with Gasteiger partial charge in [-0.3, -0.25) is 14.4 Å². The molecule has 0 atom stereocenters. The van der Waals surface area contributed by atoms with Crippen LogP contribution < -0.4 is 16.4 Å². The lowest BCUT2D eigenvalue weighted by molar-refractivity contribution is -0.128. The van der Waals surface area contributed by atoms with Crippen LogP contribution in [0.1, 0.15) is 12.8 Å². The first-order valence-corrected chi connectivity index (χ1v) is 8.04. The molecule has 0 bridgehead atoms. The Hall–Kier alpha value is -1.22. The second-order valence-electron chi connectivity index (χ2n) is 3.36. The Kier molecular flexibility index (Phi) is 11.1. The lowest BCUT2D eigenvalue weighted by Gasteiger charge is -2.04. The summed E-state index contributed by atoms with van der Waals surface area (Å²) in [5, 5.41) is 5.15. The lowest BCUT2D eigenvalue weighted by Crippen LogP contribution is -2.29. The van der Waals surface area contributed by atoms with E-state index in [4.69, 9.17) is 5.73 Å². The van der Waals surface area contributed by atoms with E-state index < -0.39 is 5.91 Å². The number of amides is 3. The molecule has 0 aliphatic carbocycles. The second-order valence-corrected chi connectivity index (χ2v) is 6.06. The first-order chi connectivity index (χ1) is 9.06. The molecule has 0 heterocycles. The SMILES string of the molecule is NC(=O)CC(=O)NCCSSCCNC(=O)CC=O. The molecule has 0 spiro atoms. The van der Waals surface area contributed by atoms with Crippen molar-refractivity contribution >= 4 is 45.6 Å². The van der Waals surface area contributed by atoms with Gasteiger partial charge >= 0.3 is 0 Å². The van der Waals surface area contributed by atoms with Crippen LogP contribution >= 0.6 is 21.6 Å². The van der Waals surface area contributed by atoms with Crippen LogP contribution in [0, 0.1) is 0 Å². The molecule has 0 saturated heterocycles. The number of carbonyl (C=O) groups excluding carboxylic acids is 4. The number of carbonyl (C=O) groups is 4. The summed E-state index contributed by atoms with van der Waals surface area (Å²) in [6.07, 6.45) is 0.163. The molecule has 0 saturated carbocycles. The molecule has 0 aromatic heterocycles. The Labute approximate surface area is 119 Å². The van der Waals surface area contributed by atoms with Gasteiger partial charge in [0.15, 0.2) is 0 Å². The maximum Gasteiger partial charge on any atom is 0.229 e. The highest BCUT2D eigenvalue weighted by atomic mass is 33.1. The molecule has 0 radical (unpaired) electrons. The Morgan fingerprint density at radius 3 is 2.00 bits per heavy atom. The fourth-order valence-corrected chi connectivity index (χ4v) is 2.76. The number of nitrogens with two attached hydrogens (primary N) is 1. The molecular weight excluding hydrogens is 290 g/mol. The Balaban J connectivity index is 3.27. The molecule has 0 aliphatic rings. The minimum absolute atomic E-state index is 0.107. The quantitative estimate of drug-likeness (QED) is 0.196. The van der Waals surface area contributed by atoms with Gasteiger partial charge in [0.25, 0.3) is 0 Å². The third-order valence-electron chi connectivity index (χ3n) is 1.70. The van der Waals surface area contributed by atoms with Crippen LogP contribution in [-0.2, 0) is 19.2 Å². The van der Waals surface area contributed by atoms with Gasteiger partial charge < -0.3 is 21.2 Å². The van der Waals surface area contributed by atoms with E-state index in [0.717, 1.165) is 0 Å². The summed E-state index contributed by atoms with van der Waals surface area (Å²) in [4.78, 5) is 42.3. The number of nitrogens with one attached hydrogen (secondary N) is 2. The molecule has 0 fully saturated rings. The van der Waals surface area contributed by atoms with Crippen molar-refractivity contribution in [2.45, 2.75) is 12.8 Å². The van der Waals surface area contributed by atoms with E-state index in [1.807, 2.05) is 0 Å². The first-order valence-electron chi connectivity index (χ1n) is 5.56. The molecule has 0 aromatic carbocycles. The Morgan fingerprint density at radius 2 is 1.53 bits per heavy atom. The van der Waals surface area contributed by atoms with E-state index in [1.54, 1.807) is 21.6 Å². The first kappa shape index (κ1) is 17.8. The number of aldehydes is 1. The van der Waals surface area contributed by atoms with Crippen molar-refractivity contribution in [2.75, 3.05) is 24.6 Å². The molecule has 0 unspecified atom stereocenters. The third kappa shape index (κ3) is 13.0. The molecule has 0 rings (SSSR count). The molecule has 9 heteroatoms. The molecule has 0 aliphatic heterocycles. The summed E-state index contributed by atoms with van der Waals surface area (Å²) in [6.45, 7) is 0.958. The number of rotatable bonds is 11. The summed E-state index contributed by atoms with van der Waals surface area (Å²) in [5.41, 5.74) is 4.86. The van der Waals surface area contributed by atoms with Crippen molar-refractivity contribution in [1.82, 2.24) is 10.6 Å². The molecule has 108 valence electrons. The molecule has 19 heavy (non-hydrogen) atoms. The van der Waals surface area contributed by atoms with Gasteiger partial charge in [-0.25, -0.2) is 0 Å². The molecule has 7 nitrogen and oxygen atoms in total. The second kappa shape index (κ2) is 11.8. The van der Waals surface area contributed by atoms with Gasteiger partial charge in [0.05, 0.1) is 6.42 Å². The van der Waals surface area contributed by atoms with Gasteiger partial charge in [0, 0.05) is 24.6 Å². The standard InChI is InChI=1S/C10H17N3O4S2/c11-8(15)7-10(17)13-3-6-19-18-5-2-12-9(16)1-4-14/h4H,1-3,5-7H2,(H2,11,15)(H,12,16)(H,13,17). The van der Waals surface area contributed by atoms with Crippen LogP contribution in [0.15, 0.2) is 0 Å². The van der Waals surface area contributed by atoms with Crippen molar-refractivity contribution in [2.24, 2.45) is 5.73 Å². The van der Waals surface area contributed by atoms with Crippen LogP contribution in [0.4, 0.5) is 0 Å². The minimum Gasteiger partial charge on any atom is -0.369 e. The highest BCUT2D eigenvalue weighted by molar-refractivity contribution is 8.76. The van der Waals surface area contributed by atoms with E-state index >= 15 is 0 Å². The Bertz CT molecular complexity index is 326. The number of hydrogen-bond acceptors (Lipinski definition) is 6. The lowest BCUT2D eigenvalue weighted by atomic mass is 10.4. The number of primary amides is 1. The maximum absolute atomic E-state index is 11.0. The highest BCUT2D eigenvalue weighted by Gasteiger charge is 2.04. The summed E-state index contributed by atoms with van der Waals surface area (Å²) < 4.78 is 0. The van der Waals surface area contributed by atoms with Crippen molar-refractivity contribution in [3.63, 3.8) is 0 Å². The predicted molar refractivity (Wildman–Crippen MR) is 75.4 cm³/mol.